The van der Waals surface area contributed by atoms with E-state index in [9.17, 15) is 14.7 Å². The number of H-pyrrole nitrogens is 1. The molecular weight excluding hydrogens is 382 g/mol. The second-order valence-electron chi connectivity index (χ2n) is 8.08. The van der Waals surface area contributed by atoms with Crippen molar-refractivity contribution < 1.29 is 14.7 Å². The number of carbonyl (C=O) groups excluding carboxylic acids is 2. The largest absolute Gasteiger partial charge is 0.391 e. The van der Waals surface area contributed by atoms with Crippen molar-refractivity contribution in [2.45, 2.75) is 31.9 Å². The molecule has 8 nitrogen and oxygen atoms in total. The molecule has 3 heterocycles. The number of aliphatic hydroxyl groups is 1. The Morgan fingerprint density at radius 2 is 1.70 bits per heavy atom. The lowest BCUT2D eigenvalue weighted by molar-refractivity contribution is -0.131. The Morgan fingerprint density at radius 1 is 1.00 bits per heavy atom. The minimum absolute atomic E-state index is 0.0126. The molecule has 2 N–H and O–H groups in total. The fourth-order valence-corrected chi connectivity index (χ4v) is 4.43. The van der Waals surface area contributed by atoms with Gasteiger partial charge in [0.2, 0.25) is 5.91 Å². The predicted molar refractivity (Wildman–Crippen MR) is 113 cm³/mol. The second-order valence-corrected chi connectivity index (χ2v) is 8.08. The highest BCUT2D eigenvalue weighted by Crippen LogP contribution is 2.22. The average Bonchev–Trinajstić information content (AvgIpc) is 3.18. The van der Waals surface area contributed by atoms with E-state index in [2.05, 4.69) is 15.1 Å². The molecule has 160 valence electrons. The number of likely N-dealkylation sites (tertiary alicyclic amines) is 1. The molecule has 0 unspecified atom stereocenters. The Labute approximate surface area is 176 Å². The molecule has 30 heavy (non-hydrogen) atoms. The maximum atomic E-state index is 13.0. The van der Waals surface area contributed by atoms with Gasteiger partial charge in [-0.1, -0.05) is 30.3 Å². The third-order valence-electron chi connectivity index (χ3n) is 6.23. The van der Waals surface area contributed by atoms with Gasteiger partial charge in [0.1, 0.15) is 5.69 Å². The summed E-state index contributed by atoms with van der Waals surface area (Å²) in [4.78, 5) is 30.5. The lowest BCUT2D eigenvalue weighted by Gasteiger charge is -2.40. The molecule has 0 saturated carbocycles. The number of hydrogen-bond acceptors (Lipinski definition) is 5. The van der Waals surface area contributed by atoms with Gasteiger partial charge in [-0.15, -0.1) is 0 Å². The Morgan fingerprint density at radius 3 is 2.40 bits per heavy atom. The van der Waals surface area contributed by atoms with E-state index in [0.717, 1.165) is 24.3 Å². The molecule has 1 aromatic carbocycles. The highest BCUT2D eigenvalue weighted by atomic mass is 16.3. The van der Waals surface area contributed by atoms with Crippen LogP contribution in [-0.4, -0.2) is 93.2 Å². The molecule has 8 heteroatoms. The highest BCUT2D eigenvalue weighted by molar-refractivity contribution is 5.93. The first-order valence-electron chi connectivity index (χ1n) is 10.6. The lowest BCUT2D eigenvalue weighted by atomic mass is 10.0. The fraction of sp³-hybridized carbons (Fsp3) is 0.500. The van der Waals surface area contributed by atoms with E-state index in [1.807, 2.05) is 35.2 Å². The zero-order chi connectivity index (χ0) is 21.1. The third-order valence-corrected chi connectivity index (χ3v) is 6.23. The summed E-state index contributed by atoms with van der Waals surface area (Å²) >= 11 is 0. The smallest absolute Gasteiger partial charge is 0.271 e. The van der Waals surface area contributed by atoms with Crippen molar-refractivity contribution in [3.63, 3.8) is 0 Å². The van der Waals surface area contributed by atoms with Crippen molar-refractivity contribution in [2.24, 2.45) is 0 Å². The average molecular weight is 412 g/mol. The summed E-state index contributed by atoms with van der Waals surface area (Å²) in [5, 5.41) is 17.9. The van der Waals surface area contributed by atoms with Crippen LogP contribution < -0.4 is 0 Å². The minimum atomic E-state index is -0.478. The zero-order valence-corrected chi connectivity index (χ0v) is 17.3. The van der Waals surface area contributed by atoms with Crippen LogP contribution in [0.4, 0.5) is 0 Å². The first-order valence-corrected chi connectivity index (χ1v) is 10.6. The number of benzene rings is 1. The first kappa shape index (κ1) is 20.6. The molecule has 2 aliphatic rings. The third kappa shape index (κ3) is 4.39. The van der Waals surface area contributed by atoms with Gasteiger partial charge in [-0.25, -0.2) is 0 Å². The summed E-state index contributed by atoms with van der Waals surface area (Å²) in [6, 6.07) is 11.6. The Bertz CT molecular complexity index is 876. The van der Waals surface area contributed by atoms with Crippen molar-refractivity contribution >= 4 is 11.8 Å². The van der Waals surface area contributed by atoms with Crippen LogP contribution in [-0.2, 0) is 4.79 Å². The molecule has 0 bridgehead atoms. The predicted octanol–water partition coefficient (Wildman–Crippen LogP) is 1.21. The van der Waals surface area contributed by atoms with Crippen LogP contribution in [0.2, 0.25) is 0 Å². The van der Waals surface area contributed by atoms with Crippen LogP contribution in [0.3, 0.4) is 0 Å². The number of amides is 2. The van der Waals surface area contributed by atoms with E-state index in [4.69, 9.17) is 0 Å². The van der Waals surface area contributed by atoms with Gasteiger partial charge in [-0.2, -0.15) is 5.10 Å². The van der Waals surface area contributed by atoms with Gasteiger partial charge in [0.05, 0.1) is 11.8 Å². The molecule has 0 radical (unpaired) electrons. The van der Waals surface area contributed by atoms with Crippen molar-refractivity contribution in [1.29, 1.82) is 0 Å². The molecule has 0 spiro atoms. The molecule has 2 fully saturated rings. The Hall–Kier alpha value is -2.71. The number of rotatable bonds is 3. The van der Waals surface area contributed by atoms with E-state index in [1.165, 1.54) is 0 Å². The molecule has 2 aliphatic heterocycles. The van der Waals surface area contributed by atoms with Crippen LogP contribution in [0.15, 0.2) is 36.4 Å². The van der Waals surface area contributed by atoms with Crippen LogP contribution in [0.1, 0.15) is 30.3 Å². The molecule has 2 amide bonds. The minimum Gasteiger partial charge on any atom is -0.391 e. The molecule has 1 aromatic heterocycles. The number of nitrogens with one attached hydrogen (secondary N) is 1. The van der Waals surface area contributed by atoms with E-state index in [-0.39, 0.29) is 17.9 Å². The Balaban J connectivity index is 1.38. The van der Waals surface area contributed by atoms with Gasteiger partial charge in [0, 0.05) is 57.8 Å². The summed E-state index contributed by atoms with van der Waals surface area (Å²) in [6.45, 7) is 5.61. The number of aromatic amines is 1. The van der Waals surface area contributed by atoms with E-state index in [0.29, 0.717) is 44.7 Å². The van der Waals surface area contributed by atoms with Gasteiger partial charge in [-0.05, 0) is 18.9 Å². The molecular formula is C22H29N5O3. The normalized spacial score (nSPS) is 23.3. The summed E-state index contributed by atoms with van der Waals surface area (Å²) in [7, 11) is 0. The van der Waals surface area contributed by atoms with Crippen molar-refractivity contribution in [3.8, 4) is 11.3 Å². The van der Waals surface area contributed by atoms with Gasteiger partial charge >= 0.3 is 0 Å². The number of piperazine rings is 1. The quantitative estimate of drug-likeness (QED) is 0.792. The molecule has 2 atom stereocenters. The SMILES string of the molecule is CC(=O)N1CCN([C@H]2CCN(C(=O)c3cc(-c4ccccc4)n[nH]3)CC[C@@H]2O)CC1. The van der Waals surface area contributed by atoms with Crippen LogP contribution >= 0.6 is 0 Å². The maximum absolute atomic E-state index is 13.0. The number of carbonyl (C=O) groups is 2. The summed E-state index contributed by atoms with van der Waals surface area (Å²) < 4.78 is 0. The van der Waals surface area contributed by atoms with Crippen molar-refractivity contribution in [2.75, 3.05) is 39.3 Å². The van der Waals surface area contributed by atoms with Gasteiger partial charge in [-0.3, -0.25) is 19.6 Å². The standard InChI is InChI=1S/C22H29N5O3/c1-16(28)25-11-13-26(14-12-25)20-7-9-27(10-8-21(20)29)22(30)19-15-18(23-24-19)17-5-3-2-4-6-17/h2-6,15,20-21,29H,7-14H2,1H3,(H,23,24)/t20-,21-/m0/s1. The summed E-state index contributed by atoms with van der Waals surface area (Å²) in [5.41, 5.74) is 2.18. The highest BCUT2D eigenvalue weighted by Gasteiger charge is 2.33. The summed E-state index contributed by atoms with van der Waals surface area (Å²) in [5.74, 6) is 0.0150. The van der Waals surface area contributed by atoms with Crippen molar-refractivity contribution in [3.05, 3.63) is 42.1 Å². The number of aromatic nitrogens is 2. The van der Waals surface area contributed by atoms with Gasteiger partial charge < -0.3 is 14.9 Å². The van der Waals surface area contributed by atoms with Gasteiger partial charge in [0.15, 0.2) is 0 Å². The fourth-order valence-electron chi connectivity index (χ4n) is 4.43. The van der Waals surface area contributed by atoms with Crippen LogP contribution in [0.5, 0.6) is 0 Å². The zero-order valence-electron chi connectivity index (χ0n) is 17.3. The van der Waals surface area contributed by atoms with Gasteiger partial charge in [0.25, 0.3) is 5.91 Å². The van der Waals surface area contributed by atoms with E-state index in [1.54, 1.807) is 17.9 Å². The first-order chi connectivity index (χ1) is 14.5. The number of hydrogen-bond donors (Lipinski definition) is 2. The van der Waals surface area contributed by atoms with Crippen LogP contribution in [0.25, 0.3) is 11.3 Å². The molecule has 2 saturated heterocycles. The topological polar surface area (TPSA) is 92.8 Å². The molecule has 0 aliphatic carbocycles. The monoisotopic (exact) mass is 411 g/mol. The van der Waals surface area contributed by atoms with Crippen molar-refractivity contribution in [1.82, 2.24) is 24.9 Å². The number of aliphatic hydroxyl groups excluding tert-OH is 1. The van der Waals surface area contributed by atoms with E-state index < -0.39 is 6.10 Å². The van der Waals surface area contributed by atoms with Crippen LogP contribution in [0, 0.1) is 0 Å². The van der Waals surface area contributed by atoms with E-state index >= 15 is 0 Å². The molecule has 2 aromatic rings. The maximum Gasteiger partial charge on any atom is 0.271 e. The Kier molecular flexibility index (Phi) is 6.15. The lowest BCUT2D eigenvalue weighted by Crippen LogP contribution is -2.54. The number of nitrogens with zero attached hydrogens (tertiary/aromatic N) is 4. The molecule has 4 rings (SSSR count). The summed E-state index contributed by atoms with van der Waals surface area (Å²) in [6.07, 6.45) is 0.781. The second kappa shape index (κ2) is 8.97.